The fraction of sp³-hybridized carbons (Fsp3) is 0.188. The Bertz CT molecular complexity index is 1100. The summed E-state index contributed by atoms with van der Waals surface area (Å²) in [6.07, 6.45) is 3.12. The molecule has 0 aliphatic rings. The highest BCUT2D eigenvalue weighted by Gasteiger charge is 2.14. The second kappa shape index (κ2) is 7.58. The van der Waals surface area contributed by atoms with Gasteiger partial charge in [0.05, 0.1) is 11.5 Å². The minimum Gasteiger partial charge on any atom is -0.485 e. The molecule has 26 heavy (non-hydrogen) atoms. The average Bonchev–Trinajstić information content (AvgIpc) is 2.94. The van der Waals surface area contributed by atoms with Crippen LogP contribution in [0.25, 0.3) is 10.3 Å². The number of hydrogen-bond acceptors (Lipinski definition) is 7. The average molecular weight is 390 g/mol. The Balaban J connectivity index is 1.81. The number of rotatable bonds is 7. The summed E-state index contributed by atoms with van der Waals surface area (Å²) in [5, 5.41) is 11.0. The van der Waals surface area contributed by atoms with Crippen LogP contribution in [0, 0.1) is 14.1 Å². The van der Waals surface area contributed by atoms with Crippen LogP contribution in [-0.4, -0.2) is 25.6 Å². The number of nitro groups is 1. The molecule has 0 N–H and O–H groups in total. The zero-order valence-electron chi connectivity index (χ0n) is 13.5. The molecule has 0 unspecified atom stereocenters. The zero-order valence-corrected chi connectivity index (χ0v) is 15.2. The predicted octanol–water partition coefficient (Wildman–Crippen LogP) is 3.16. The summed E-state index contributed by atoms with van der Waals surface area (Å²) in [4.78, 5) is 27.4. The van der Waals surface area contributed by atoms with Crippen molar-refractivity contribution in [3.05, 3.63) is 67.7 Å². The molecule has 3 aromatic rings. The molecule has 134 valence electrons. The van der Waals surface area contributed by atoms with Crippen LogP contribution in [0.3, 0.4) is 0 Å². The molecule has 0 saturated carbocycles. The Morgan fingerprint density at radius 1 is 1.42 bits per heavy atom. The van der Waals surface area contributed by atoms with Crippen LogP contribution >= 0.6 is 23.6 Å². The van der Waals surface area contributed by atoms with E-state index in [1.807, 2.05) is 0 Å². The molecule has 2 heterocycles. The highest BCUT2D eigenvalue weighted by Crippen LogP contribution is 2.25. The van der Waals surface area contributed by atoms with E-state index in [0.29, 0.717) is 20.8 Å². The molecule has 1 aromatic carbocycles. The van der Waals surface area contributed by atoms with E-state index in [4.69, 9.17) is 17.0 Å². The summed E-state index contributed by atoms with van der Waals surface area (Å²) in [5.41, 5.74) is 0.189. The lowest BCUT2D eigenvalue weighted by molar-refractivity contribution is -0.385. The minimum absolute atomic E-state index is 0.0940. The Kier molecular flexibility index (Phi) is 5.24. The lowest BCUT2D eigenvalue weighted by atomic mass is 10.3. The second-order valence-electron chi connectivity index (χ2n) is 5.24. The van der Waals surface area contributed by atoms with Crippen molar-refractivity contribution in [3.8, 4) is 5.75 Å². The van der Waals surface area contributed by atoms with Crippen molar-refractivity contribution in [1.29, 1.82) is 0 Å². The third kappa shape index (κ3) is 3.41. The maximum atomic E-state index is 12.6. The topological polar surface area (TPSA) is 92.2 Å². The highest BCUT2D eigenvalue weighted by atomic mass is 32.1. The van der Waals surface area contributed by atoms with Crippen molar-refractivity contribution in [3.63, 3.8) is 0 Å². The predicted molar refractivity (Wildman–Crippen MR) is 101 cm³/mol. The fourth-order valence-corrected chi connectivity index (χ4v) is 3.72. The van der Waals surface area contributed by atoms with Gasteiger partial charge in [-0.15, -0.1) is 6.58 Å². The molecule has 0 saturated heterocycles. The number of aromatic nitrogens is 3. The minimum atomic E-state index is -0.510. The van der Waals surface area contributed by atoms with Gasteiger partial charge in [-0.1, -0.05) is 29.5 Å². The third-order valence-electron chi connectivity index (χ3n) is 3.61. The maximum Gasteiger partial charge on any atom is 0.310 e. The molecule has 2 aromatic heterocycles. The molecule has 0 bridgehead atoms. The van der Waals surface area contributed by atoms with Gasteiger partial charge in [-0.3, -0.25) is 19.5 Å². The first-order valence-electron chi connectivity index (χ1n) is 7.59. The van der Waals surface area contributed by atoms with Gasteiger partial charge in [0.25, 0.3) is 5.56 Å². The molecule has 0 aliphatic carbocycles. The fourth-order valence-electron chi connectivity index (χ4n) is 2.41. The van der Waals surface area contributed by atoms with E-state index >= 15 is 0 Å². The van der Waals surface area contributed by atoms with E-state index in [0.717, 1.165) is 0 Å². The number of hydrogen-bond donors (Lipinski definition) is 0. The molecule has 8 nitrogen and oxygen atoms in total. The second-order valence-corrected chi connectivity index (χ2v) is 6.88. The van der Waals surface area contributed by atoms with Gasteiger partial charge < -0.3 is 9.30 Å². The van der Waals surface area contributed by atoms with Gasteiger partial charge in [0, 0.05) is 12.6 Å². The number of thiazole rings is 1. The number of benzene rings is 1. The van der Waals surface area contributed by atoms with E-state index in [2.05, 4.69) is 11.6 Å². The van der Waals surface area contributed by atoms with Crippen molar-refractivity contribution in [2.24, 2.45) is 0 Å². The first kappa shape index (κ1) is 18.0. The van der Waals surface area contributed by atoms with Crippen molar-refractivity contribution in [2.75, 3.05) is 6.61 Å². The summed E-state index contributed by atoms with van der Waals surface area (Å²) in [5.74, 6) is 0.160. The standard InChI is InChI=1S/C16H14N4O4S2/c1-2-7-19-14-13(26-16(19)25)15(21)18(10-17-14)8-9-24-12-6-4-3-5-11(12)20(22)23/h2-6,10H,1,7-9H2. The monoisotopic (exact) mass is 390 g/mol. The molecule has 0 amide bonds. The lowest BCUT2D eigenvalue weighted by Crippen LogP contribution is -2.23. The Hall–Kier alpha value is -2.85. The van der Waals surface area contributed by atoms with Crippen LogP contribution in [0.1, 0.15) is 0 Å². The number of nitro benzene ring substituents is 1. The molecule has 10 heteroatoms. The number of fused-ring (bicyclic) bond motifs is 1. The van der Waals surface area contributed by atoms with Crippen LogP contribution < -0.4 is 10.3 Å². The molecule has 3 rings (SSSR count). The SMILES string of the molecule is C=CCn1c(=S)sc2c(=O)n(CCOc3ccccc3[N+](=O)[O-])cnc21. The van der Waals surface area contributed by atoms with Crippen LogP contribution in [-0.2, 0) is 13.1 Å². The Morgan fingerprint density at radius 3 is 2.92 bits per heavy atom. The summed E-state index contributed by atoms with van der Waals surface area (Å²) in [6, 6.07) is 6.10. The van der Waals surface area contributed by atoms with Gasteiger partial charge in [0.2, 0.25) is 0 Å². The molecule has 0 spiro atoms. The third-order valence-corrected chi connectivity index (χ3v) is 5.03. The largest absolute Gasteiger partial charge is 0.485 e. The van der Waals surface area contributed by atoms with Crippen molar-refractivity contribution >= 4 is 39.6 Å². The van der Waals surface area contributed by atoms with Crippen molar-refractivity contribution in [2.45, 2.75) is 13.1 Å². The first-order valence-corrected chi connectivity index (χ1v) is 8.81. The summed E-state index contributed by atoms with van der Waals surface area (Å²) >= 11 is 6.47. The van der Waals surface area contributed by atoms with E-state index in [-0.39, 0.29) is 30.1 Å². The van der Waals surface area contributed by atoms with Gasteiger partial charge in [-0.2, -0.15) is 0 Å². The lowest BCUT2D eigenvalue weighted by Gasteiger charge is -2.08. The number of nitrogens with zero attached hydrogens (tertiary/aromatic N) is 4. The molecular formula is C16H14N4O4S2. The maximum absolute atomic E-state index is 12.6. The summed E-state index contributed by atoms with van der Waals surface area (Å²) in [7, 11) is 0. The van der Waals surface area contributed by atoms with Crippen LogP contribution in [0.15, 0.2) is 48.0 Å². The van der Waals surface area contributed by atoms with Gasteiger partial charge in [-0.05, 0) is 18.3 Å². The number of allylic oxidation sites excluding steroid dienone is 1. The Labute approximate surface area is 156 Å². The van der Waals surface area contributed by atoms with Gasteiger partial charge >= 0.3 is 5.69 Å². The van der Waals surface area contributed by atoms with Crippen LogP contribution in [0.5, 0.6) is 5.75 Å². The molecule has 0 radical (unpaired) electrons. The molecule has 0 atom stereocenters. The van der Waals surface area contributed by atoms with Gasteiger partial charge in [-0.25, -0.2) is 4.98 Å². The van der Waals surface area contributed by atoms with Crippen molar-refractivity contribution < 1.29 is 9.66 Å². The quantitative estimate of drug-likeness (QED) is 0.266. The first-order chi connectivity index (χ1) is 12.5. The van der Waals surface area contributed by atoms with E-state index in [9.17, 15) is 14.9 Å². The van der Waals surface area contributed by atoms with E-state index in [1.54, 1.807) is 22.8 Å². The smallest absolute Gasteiger partial charge is 0.310 e. The number of ether oxygens (including phenoxy) is 1. The normalized spacial score (nSPS) is 10.8. The van der Waals surface area contributed by atoms with Gasteiger partial charge in [0.15, 0.2) is 15.4 Å². The van der Waals surface area contributed by atoms with E-state index < -0.39 is 4.92 Å². The molecular weight excluding hydrogens is 376 g/mol. The van der Waals surface area contributed by atoms with E-state index in [1.165, 1.54) is 34.4 Å². The Morgan fingerprint density at radius 2 is 2.19 bits per heavy atom. The summed E-state index contributed by atoms with van der Waals surface area (Å²) in [6.45, 7) is 4.46. The molecule has 0 aliphatic heterocycles. The van der Waals surface area contributed by atoms with Crippen LogP contribution in [0.2, 0.25) is 0 Å². The molecule has 0 fully saturated rings. The zero-order chi connectivity index (χ0) is 18.7. The number of para-hydroxylation sites is 2. The van der Waals surface area contributed by atoms with Crippen molar-refractivity contribution in [1.82, 2.24) is 14.1 Å². The summed E-state index contributed by atoms with van der Waals surface area (Å²) < 4.78 is 9.64. The van der Waals surface area contributed by atoms with Crippen LogP contribution in [0.4, 0.5) is 5.69 Å². The van der Waals surface area contributed by atoms with Gasteiger partial charge in [0.1, 0.15) is 17.6 Å². The highest BCUT2D eigenvalue weighted by molar-refractivity contribution is 7.73.